The molecule has 0 aliphatic carbocycles. The number of ether oxygens (including phenoxy) is 1. The van der Waals surface area contributed by atoms with Crippen LogP contribution in [-0.2, 0) is 11.2 Å². The molecule has 0 N–H and O–H groups in total. The fourth-order valence-electron chi connectivity index (χ4n) is 3.45. The van der Waals surface area contributed by atoms with Crippen LogP contribution in [-0.4, -0.2) is 52.7 Å². The van der Waals surface area contributed by atoms with Crippen LogP contribution in [0, 0.1) is 5.92 Å². The predicted octanol–water partition coefficient (Wildman–Crippen LogP) is 2.48. The van der Waals surface area contributed by atoms with Crippen molar-refractivity contribution in [3.63, 3.8) is 0 Å². The van der Waals surface area contributed by atoms with E-state index in [1.165, 1.54) is 12.8 Å². The Morgan fingerprint density at radius 3 is 2.57 bits per heavy atom. The first-order valence-electron chi connectivity index (χ1n) is 8.56. The summed E-state index contributed by atoms with van der Waals surface area (Å²) in [6.45, 7) is 9.23. The largest absolute Gasteiger partial charge is 0.444 e. The maximum atomic E-state index is 12.0. The van der Waals surface area contributed by atoms with Gasteiger partial charge in [-0.2, -0.15) is 0 Å². The molecule has 2 saturated heterocycles. The number of rotatable bonds is 4. The van der Waals surface area contributed by atoms with Crippen LogP contribution in [0.1, 0.15) is 39.3 Å². The Morgan fingerprint density at radius 2 is 1.96 bits per heavy atom. The zero-order chi connectivity index (χ0) is 16.4. The Balaban J connectivity index is 1.68. The molecule has 1 amide bonds. The lowest BCUT2D eigenvalue weighted by Crippen LogP contribution is -2.39. The Hall–Kier alpha value is -1.69. The van der Waals surface area contributed by atoms with Gasteiger partial charge in [-0.3, -0.25) is 9.88 Å². The van der Waals surface area contributed by atoms with Gasteiger partial charge in [0.2, 0.25) is 0 Å². The number of hydrogen-bond donors (Lipinski definition) is 0. The Kier molecular flexibility index (Phi) is 4.80. The Morgan fingerprint density at radius 1 is 1.26 bits per heavy atom. The molecule has 1 aromatic rings. The first-order chi connectivity index (χ1) is 11.0. The van der Waals surface area contributed by atoms with E-state index in [-0.39, 0.29) is 12.2 Å². The third kappa shape index (κ3) is 3.63. The first kappa shape index (κ1) is 16.2. The van der Waals surface area contributed by atoms with Crippen molar-refractivity contribution in [1.29, 1.82) is 0 Å². The van der Waals surface area contributed by atoms with E-state index in [2.05, 4.69) is 28.7 Å². The highest BCUT2D eigenvalue weighted by molar-refractivity contribution is 5.89. The number of anilines is 1. The van der Waals surface area contributed by atoms with Crippen LogP contribution in [0.3, 0.4) is 0 Å². The van der Waals surface area contributed by atoms with Crippen molar-refractivity contribution in [2.45, 2.75) is 52.2 Å². The van der Waals surface area contributed by atoms with Gasteiger partial charge in [0.1, 0.15) is 6.10 Å². The van der Waals surface area contributed by atoms with Crippen LogP contribution in [0.15, 0.2) is 12.4 Å². The monoisotopic (exact) mass is 318 g/mol. The SMILES string of the molecule is CC(C)N1CCC(Cc2nccnc2N2C[C@H](C)OC2=O)CC1. The van der Waals surface area contributed by atoms with Gasteiger partial charge in [-0.25, -0.2) is 9.78 Å². The third-order valence-electron chi connectivity index (χ3n) is 4.83. The summed E-state index contributed by atoms with van der Waals surface area (Å²) in [5.74, 6) is 1.28. The van der Waals surface area contributed by atoms with E-state index in [0.29, 0.717) is 24.3 Å². The zero-order valence-corrected chi connectivity index (χ0v) is 14.2. The van der Waals surface area contributed by atoms with E-state index in [0.717, 1.165) is 25.2 Å². The molecule has 0 saturated carbocycles. The molecular weight excluding hydrogens is 292 g/mol. The maximum absolute atomic E-state index is 12.0. The fourth-order valence-corrected chi connectivity index (χ4v) is 3.45. The van der Waals surface area contributed by atoms with Gasteiger partial charge >= 0.3 is 6.09 Å². The molecular formula is C17H26N4O2. The van der Waals surface area contributed by atoms with Crippen molar-refractivity contribution in [3.8, 4) is 0 Å². The van der Waals surface area contributed by atoms with Gasteiger partial charge in [-0.1, -0.05) is 0 Å². The van der Waals surface area contributed by atoms with E-state index >= 15 is 0 Å². The maximum Gasteiger partial charge on any atom is 0.415 e. The summed E-state index contributed by atoms with van der Waals surface area (Å²) in [6, 6.07) is 0.615. The van der Waals surface area contributed by atoms with Crippen LogP contribution in [0.4, 0.5) is 10.6 Å². The quantitative estimate of drug-likeness (QED) is 0.853. The number of aromatic nitrogens is 2. The lowest BCUT2D eigenvalue weighted by atomic mass is 9.91. The molecule has 0 radical (unpaired) electrons. The van der Waals surface area contributed by atoms with E-state index in [4.69, 9.17) is 4.74 Å². The predicted molar refractivity (Wildman–Crippen MR) is 88.5 cm³/mol. The third-order valence-corrected chi connectivity index (χ3v) is 4.83. The normalized spacial score (nSPS) is 23.6. The summed E-state index contributed by atoms with van der Waals surface area (Å²) in [7, 11) is 0. The molecule has 2 aliphatic heterocycles. The molecule has 0 aromatic carbocycles. The molecule has 0 unspecified atom stereocenters. The van der Waals surface area contributed by atoms with E-state index < -0.39 is 0 Å². The molecule has 1 aromatic heterocycles. The van der Waals surface area contributed by atoms with Crippen molar-refractivity contribution in [2.24, 2.45) is 5.92 Å². The van der Waals surface area contributed by atoms with E-state index in [9.17, 15) is 4.79 Å². The molecule has 6 heteroatoms. The number of hydrogen-bond acceptors (Lipinski definition) is 5. The molecule has 1 atom stereocenters. The summed E-state index contributed by atoms with van der Waals surface area (Å²) >= 11 is 0. The van der Waals surface area contributed by atoms with Gasteiger partial charge in [-0.05, 0) is 59.0 Å². The summed E-state index contributed by atoms with van der Waals surface area (Å²) in [5.41, 5.74) is 0.918. The van der Waals surface area contributed by atoms with Crippen LogP contribution in [0.2, 0.25) is 0 Å². The van der Waals surface area contributed by atoms with Crippen LogP contribution < -0.4 is 4.90 Å². The topological polar surface area (TPSA) is 58.6 Å². The van der Waals surface area contributed by atoms with E-state index in [1.807, 2.05) is 6.92 Å². The molecule has 126 valence electrons. The van der Waals surface area contributed by atoms with E-state index in [1.54, 1.807) is 17.3 Å². The molecule has 3 heterocycles. The molecule has 6 nitrogen and oxygen atoms in total. The summed E-state index contributed by atoms with van der Waals surface area (Å²) in [4.78, 5) is 25.0. The second kappa shape index (κ2) is 6.83. The lowest BCUT2D eigenvalue weighted by molar-refractivity contribution is 0.148. The van der Waals surface area contributed by atoms with Gasteiger partial charge in [0, 0.05) is 18.4 Å². The Bertz CT molecular complexity index is 555. The smallest absolute Gasteiger partial charge is 0.415 e. The van der Waals surface area contributed by atoms with Gasteiger partial charge in [0.25, 0.3) is 0 Å². The standard InChI is InChI=1S/C17H26N4O2/c1-12(2)20-8-4-14(5-9-20)10-15-16(19-7-6-18-15)21-11-13(3)23-17(21)22/h6-7,12-14H,4-5,8-11H2,1-3H3/t13-/m0/s1. The molecule has 3 rings (SSSR count). The second-order valence-electron chi connectivity index (χ2n) is 6.91. The highest BCUT2D eigenvalue weighted by Gasteiger charge is 2.33. The minimum atomic E-state index is -0.311. The summed E-state index contributed by atoms with van der Waals surface area (Å²) in [6.07, 6.45) is 6.20. The van der Waals surface area contributed by atoms with Crippen LogP contribution >= 0.6 is 0 Å². The summed E-state index contributed by atoms with van der Waals surface area (Å²) < 4.78 is 5.23. The summed E-state index contributed by atoms with van der Waals surface area (Å²) in [5, 5.41) is 0. The van der Waals surface area contributed by atoms with Gasteiger partial charge in [0.15, 0.2) is 5.82 Å². The number of nitrogens with zero attached hydrogens (tertiary/aromatic N) is 4. The molecule has 0 spiro atoms. The minimum Gasteiger partial charge on any atom is -0.444 e. The van der Waals surface area contributed by atoms with Gasteiger partial charge in [0.05, 0.1) is 12.2 Å². The average molecular weight is 318 g/mol. The molecule has 0 bridgehead atoms. The Labute approximate surface area is 137 Å². The van der Waals surface area contributed by atoms with Crippen molar-refractivity contribution >= 4 is 11.9 Å². The highest BCUT2D eigenvalue weighted by atomic mass is 16.6. The number of carbonyl (C=O) groups excluding carboxylic acids is 1. The first-order valence-corrected chi connectivity index (χ1v) is 8.56. The van der Waals surface area contributed by atoms with Gasteiger partial charge in [-0.15, -0.1) is 0 Å². The van der Waals surface area contributed by atoms with Crippen LogP contribution in [0.25, 0.3) is 0 Å². The second-order valence-corrected chi connectivity index (χ2v) is 6.91. The fraction of sp³-hybridized carbons (Fsp3) is 0.706. The van der Waals surface area contributed by atoms with Crippen molar-refractivity contribution in [1.82, 2.24) is 14.9 Å². The number of carbonyl (C=O) groups is 1. The van der Waals surface area contributed by atoms with Crippen molar-refractivity contribution in [2.75, 3.05) is 24.5 Å². The molecule has 23 heavy (non-hydrogen) atoms. The number of amides is 1. The lowest BCUT2D eigenvalue weighted by Gasteiger charge is -2.34. The minimum absolute atomic E-state index is 0.0911. The molecule has 2 fully saturated rings. The highest BCUT2D eigenvalue weighted by Crippen LogP contribution is 2.27. The van der Waals surface area contributed by atoms with Crippen molar-refractivity contribution in [3.05, 3.63) is 18.1 Å². The van der Waals surface area contributed by atoms with Crippen molar-refractivity contribution < 1.29 is 9.53 Å². The van der Waals surface area contributed by atoms with Crippen LogP contribution in [0.5, 0.6) is 0 Å². The zero-order valence-electron chi connectivity index (χ0n) is 14.2. The van der Waals surface area contributed by atoms with Gasteiger partial charge < -0.3 is 9.64 Å². The average Bonchev–Trinajstić information content (AvgIpc) is 2.87. The number of likely N-dealkylation sites (tertiary alicyclic amines) is 1. The number of cyclic esters (lactones) is 1. The molecule has 2 aliphatic rings. The number of piperidine rings is 1.